The standard InChI is InChI=1S/C24H25N7O2/c1-15(17-5-4-6-18-19(24(32)25-2)7-8-26-23(17)18)10-27-21-9-20(30-14-31-21)16-11-28-22(13-33-3)29-12-16/h4-9,11-12,14-15H,10,13H2,1-3H3,(H,25,32)(H,27,30,31). The number of para-hydroxylation sites is 1. The molecule has 0 bridgehead atoms. The summed E-state index contributed by atoms with van der Waals surface area (Å²) in [6.45, 7) is 3.10. The lowest BCUT2D eigenvalue weighted by molar-refractivity contribution is 0.0964. The van der Waals surface area contributed by atoms with E-state index in [9.17, 15) is 4.79 Å². The molecule has 4 rings (SSSR count). The molecule has 168 valence electrons. The largest absolute Gasteiger partial charge is 0.377 e. The molecule has 4 aromatic rings. The normalized spacial score (nSPS) is 11.8. The Morgan fingerprint density at radius 3 is 2.67 bits per heavy atom. The van der Waals surface area contributed by atoms with E-state index in [1.165, 1.54) is 6.33 Å². The van der Waals surface area contributed by atoms with Crippen molar-refractivity contribution in [2.75, 3.05) is 26.0 Å². The smallest absolute Gasteiger partial charge is 0.251 e. The Bertz CT molecular complexity index is 1260. The van der Waals surface area contributed by atoms with E-state index in [1.54, 1.807) is 38.8 Å². The first-order valence-corrected chi connectivity index (χ1v) is 10.6. The molecule has 0 aliphatic heterocycles. The van der Waals surface area contributed by atoms with Crippen molar-refractivity contribution >= 4 is 22.6 Å². The van der Waals surface area contributed by atoms with Crippen molar-refractivity contribution < 1.29 is 9.53 Å². The number of amides is 1. The quantitative estimate of drug-likeness (QED) is 0.427. The van der Waals surface area contributed by atoms with Gasteiger partial charge in [0.05, 0.1) is 16.8 Å². The van der Waals surface area contributed by atoms with Crippen LogP contribution >= 0.6 is 0 Å². The number of nitrogens with one attached hydrogen (secondary N) is 2. The summed E-state index contributed by atoms with van der Waals surface area (Å²) in [4.78, 5) is 34.0. The van der Waals surface area contributed by atoms with Crippen LogP contribution in [0.1, 0.15) is 34.6 Å². The summed E-state index contributed by atoms with van der Waals surface area (Å²) in [5.74, 6) is 1.31. The molecule has 3 aromatic heterocycles. The minimum atomic E-state index is -0.127. The SMILES string of the molecule is CNC(=O)c1ccnc2c(C(C)CNc3cc(-c4cnc(COC)nc4)ncn3)cccc12. The number of carbonyl (C=O) groups excluding carboxylic acids is 1. The van der Waals surface area contributed by atoms with E-state index >= 15 is 0 Å². The number of hydrogen-bond acceptors (Lipinski definition) is 8. The zero-order valence-electron chi connectivity index (χ0n) is 18.7. The number of pyridine rings is 1. The predicted octanol–water partition coefficient (Wildman–Crippen LogP) is 3.20. The fraction of sp³-hybridized carbons (Fsp3) is 0.250. The zero-order valence-corrected chi connectivity index (χ0v) is 18.7. The van der Waals surface area contributed by atoms with E-state index in [0.29, 0.717) is 30.4 Å². The van der Waals surface area contributed by atoms with Crippen LogP contribution in [0, 0.1) is 0 Å². The van der Waals surface area contributed by atoms with Crippen molar-refractivity contribution in [1.82, 2.24) is 30.2 Å². The molecule has 0 radical (unpaired) electrons. The van der Waals surface area contributed by atoms with E-state index in [2.05, 4.69) is 42.5 Å². The van der Waals surface area contributed by atoms with Gasteiger partial charge in [0.1, 0.15) is 18.8 Å². The van der Waals surface area contributed by atoms with Crippen molar-refractivity contribution in [2.45, 2.75) is 19.4 Å². The van der Waals surface area contributed by atoms with Gasteiger partial charge < -0.3 is 15.4 Å². The van der Waals surface area contributed by atoms with Gasteiger partial charge in [-0.25, -0.2) is 19.9 Å². The van der Waals surface area contributed by atoms with E-state index in [-0.39, 0.29) is 11.8 Å². The monoisotopic (exact) mass is 443 g/mol. The minimum Gasteiger partial charge on any atom is -0.377 e. The lowest BCUT2D eigenvalue weighted by Crippen LogP contribution is -2.18. The van der Waals surface area contributed by atoms with Crippen LogP contribution in [0.5, 0.6) is 0 Å². The number of fused-ring (bicyclic) bond motifs is 1. The first kappa shape index (κ1) is 22.2. The van der Waals surface area contributed by atoms with Crippen LogP contribution in [0.25, 0.3) is 22.2 Å². The summed E-state index contributed by atoms with van der Waals surface area (Å²) in [6, 6.07) is 9.53. The van der Waals surface area contributed by atoms with Gasteiger partial charge >= 0.3 is 0 Å². The fourth-order valence-corrected chi connectivity index (χ4v) is 3.60. The number of anilines is 1. The molecule has 1 unspecified atom stereocenters. The number of benzene rings is 1. The van der Waals surface area contributed by atoms with E-state index in [0.717, 1.165) is 27.7 Å². The summed E-state index contributed by atoms with van der Waals surface area (Å²) in [7, 11) is 3.23. The van der Waals surface area contributed by atoms with E-state index in [1.807, 2.05) is 24.3 Å². The molecule has 0 spiro atoms. The van der Waals surface area contributed by atoms with Crippen LogP contribution in [0.4, 0.5) is 5.82 Å². The molecule has 3 heterocycles. The van der Waals surface area contributed by atoms with Gasteiger partial charge in [0, 0.05) is 62.2 Å². The summed E-state index contributed by atoms with van der Waals surface area (Å²) >= 11 is 0. The number of hydrogen-bond donors (Lipinski definition) is 2. The summed E-state index contributed by atoms with van der Waals surface area (Å²) in [6.07, 6.45) is 6.64. The second kappa shape index (κ2) is 10.1. The average molecular weight is 444 g/mol. The van der Waals surface area contributed by atoms with E-state index < -0.39 is 0 Å². The third kappa shape index (κ3) is 4.93. The number of aromatic nitrogens is 5. The maximum absolute atomic E-state index is 12.2. The average Bonchev–Trinajstić information content (AvgIpc) is 2.87. The summed E-state index contributed by atoms with van der Waals surface area (Å²) in [5, 5.41) is 6.90. The third-order valence-electron chi connectivity index (χ3n) is 5.34. The molecule has 2 N–H and O–H groups in total. The van der Waals surface area contributed by atoms with Gasteiger partial charge in [-0.05, 0) is 11.6 Å². The van der Waals surface area contributed by atoms with Crippen molar-refractivity contribution in [2.24, 2.45) is 0 Å². The highest BCUT2D eigenvalue weighted by Gasteiger charge is 2.15. The number of ether oxygens (including phenoxy) is 1. The number of nitrogens with zero attached hydrogens (tertiary/aromatic N) is 5. The van der Waals surface area contributed by atoms with Crippen LogP contribution < -0.4 is 10.6 Å². The summed E-state index contributed by atoms with van der Waals surface area (Å²) < 4.78 is 5.05. The molecule has 33 heavy (non-hydrogen) atoms. The van der Waals surface area contributed by atoms with Crippen LogP contribution in [-0.4, -0.2) is 51.5 Å². The van der Waals surface area contributed by atoms with Crippen LogP contribution in [0.2, 0.25) is 0 Å². The second-order valence-corrected chi connectivity index (χ2v) is 7.57. The van der Waals surface area contributed by atoms with Gasteiger partial charge in [-0.2, -0.15) is 0 Å². The van der Waals surface area contributed by atoms with Crippen LogP contribution in [0.3, 0.4) is 0 Å². The third-order valence-corrected chi connectivity index (χ3v) is 5.34. The fourth-order valence-electron chi connectivity index (χ4n) is 3.60. The van der Waals surface area contributed by atoms with Gasteiger partial charge in [0.25, 0.3) is 5.91 Å². The van der Waals surface area contributed by atoms with Gasteiger partial charge in [0.2, 0.25) is 0 Å². The van der Waals surface area contributed by atoms with Crippen molar-refractivity contribution in [3.63, 3.8) is 0 Å². The van der Waals surface area contributed by atoms with Gasteiger partial charge in [-0.1, -0.05) is 25.1 Å². The first-order chi connectivity index (χ1) is 16.1. The highest BCUT2D eigenvalue weighted by molar-refractivity contribution is 6.06. The molecule has 9 heteroatoms. The Kier molecular flexibility index (Phi) is 6.80. The number of rotatable bonds is 8. The van der Waals surface area contributed by atoms with E-state index in [4.69, 9.17) is 4.74 Å². The first-order valence-electron chi connectivity index (χ1n) is 10.6. The van der Waals surface area contributed by atoms with Gasteiger partial charge in [-0.3, -0.25) is 9.78 Å². The van der Waals surface area contributed by atoms with Crippen LogP contribution in [0.15, 0.2) is 55.2 Å². The molecular weight excluding hydrogens is 418 g/mol. The lowest BCUT2D eigenvalue weighted by atomic mass is 9.96. The molecule has 0 saturated heterocycles. The van der Waals surface area contributed by atoms with Gasteiger partial charge in [0.15, 0.2) is 5.82 Å². The highest BCUT2D eigenvalue weighted by Crippen LogP contribution is 2.27. The molecule has 0 fully saturated rings. The highest BCUT2D eigenvalue weighted by atomic mass is 16.5. The molecule has 0 saturated carbocycles. The maximum Gasteiger partial charge on any atom is 0.251 e. The Morgan fingerprint density at radius 1 is 1.09 bits per heavy atom. The second-order valence-electron chi connectivity index (χ2n) is 7.57. The van der Waals surface area contributed by atoms with Crippen molar-refractivity contribution in [3.8, 4) is 11.3 Å². The van der Waals surface area contributed by atoms with Crippen molar-refractivity contribution in [1.29, 1.82) is 0 Å². The molecule has 0 aliphatic carbocycles. The lowest BCUT2D eigenvalue weighted by Gasteiger charge is -2.16. The molecule has 9 nitrogen and oxygen atoms in total. The Morgan fingerprint density at radius 2 is 1.91 bits per heavy atom. The zero-order chi connectivity index (χ0) is 23.2. The minimum absolute atomic E-state index is 0.121. The number of methoxy groups -OCH3 is 1. The Hall–Kier alpha value is -3.98. The maximum atomic E-state index is 12.2. The molecule has 1 aromatic carbocycles. The van der Waals surface area contributed by atoms with Gasteiger partial charge in [-0.15, -0.1) is 0 Å². The van der Waals surface area contributed by atoms with Crippen molar-refractivity contribution in [3.05, 3.63) is 72.2 Å². The van der Waals surface area contributed by atoms with Crippen LogP contribution in [-0.2, 0) is 11.3 Å². The number of carbonyl (C=O) groups is 1. The summed E-state index contributed by atoms with van der Waals surface area (Å²) in [5.41, 5.74) is 4.02. The predicted molar refractivity (Wildman–Crippen MR) is 126 cm³/mol. The topological polar surface area (TPSA) is 115 Å². The molecular formula is C24H25N7O2. The Balaban J connectivity index is 1.51. The molecule has 1 amide bonds. The molecule has 1 atom stereocenters. The Labute approximate surface area is 191 Å². The molecule has 0 aliphatic rings.